The number of anilines is 2. The predicted octanol–water partition coefficient (Wildman–Crippen LogP) is 2.72. The Morgan fingerprint density at radius 2 is 1.62 bits per heavy atom. The fraction of sp³-hybridized carbons (Fsp3) is 0.381. The van der Waals surface area contributed by atoms with E-state index in [9.17, 15) is 17.6 Å². The highest BCUT2D eigenvalue weighted by Crippen LogP contribution is 2.25. The molecule has 1 fully saturated rings. The number of benzene rings is 2. The third-order valence-corrected chi connectivity index (χ3v) is 6.29. The van der Waals surface area contributed by atoms with Crippen molar-refractivity contribution in [1.29, 1.82) is 0 Å². The lowest BCUT2D eigenvalue weighted by Gasteiger charge is -2.39. The molecule has 3 rings (SSSR count). The van der Waals surface area contributed by atoms with E-state index in [1.165, 1.54) is 24.3 Å². The van der Waals surface area contributed by atoms with Crippen LogP contribution in [0.3, 0.4) is 0 Å². The van der Waals surface area contributed by atoms with Gasteiger partial charge in [0, 0.05) is 31.9 Å². The lowest BCUT2D eigenvalue weighted by atomic mass is 10.1. The second-order valence-corrected chi connectivity index (χ2v) is 8.97. The van der Waals surface area contributed by atoms with Crippen LogP contribution >= 0.6 is 0 Å². The standard InChI is InChI=1S/C21H26FN3O3S/c1-3-20(25(29(2,27)28)19-11-9-17(22)10-12-19)21(26)24-15-13-23(14-16-24)18-7-5-4-6-8-18/h4-12,20H,3,13-16H2,1-2H3/t20-/m0/s1. The van der Waals surface area contributed by atoms with Crippen molar-refractivity contribution >= 4 is 27.3 Å². The van der Waals surface area contributed by atoms with Crippen LogP contribution in [0.1, 0.15) is 13.3 Å². The summed E-state index contributed by atoms with van der Waals surface area (Å²) in [6.07, 6.45) is 1.39. The Balaban J connectivity index is 1.77. The minimum atomic E-state index is -3.73. The molecule has 29 heavy (non-hydrogen) atoms. The van der Waals surface area contributed by atoms with E-state index < -0.39 is 21.9 Å². The van der Waals surface area contributed by atoms with Crippen LogP contribution in [0.5, 0.6) is 0 Å². The maximum atomic E-state index is 13.3. The number of hydrogen-bond donors (Lipinski definition) is 0. The smallest absolute Gasteiger partial charge is 0.246 e. The molecule has 6 nitrogen and oxygen atoms in total. The van der Waals surface area contributed by atoms with Crippen molar-refractivity contribution in [3.05, 3.63) is 60.4 Å². The summed E-state index contributed by atoms with van der Waals surface area (Å²) in [5.74, 6) is -0.687. The molecule has 8 heteroatoms. The van der Waals surface area contributed by atoms with Gasteiger partial charge in [0.1, 0.15) is 11.9 Å². The van der Waals surface area contributed by atoms with Crippen molar-refractivity contribution in [3.63, 3.8) is 0 Å². The lowest BCUT2D eigenvalue weighted by molar-refractivity contribution is -0.132. The van der Waals surface area contributed by atoms with E-state index in [2.05, 4.69) is 4.90 Å². The molecule has 0 N–H and O–H groups in total. The molecular weight excluding hydrogens is 393 g/mol. The maximum absolute atomic E-state index is 13.3. The third kappa shape index (κ3) is 4.87. The van der Waals surface area contributed by atoms with Gasteiger partial charge >= 0.3 is 0 Å². The van der Waals surface area contributed by atoms with Crippen LogP contribution in [0.15, 0.2) is 54.6 Å². The van der Waals surface area contributed by atoms with Gasteiger partial charge in [-0.1, -0.05) is 25.1 Å². The van der Waals surface area contributed by atoms with Crippen LogP contribution in [0.4, 0.5) is 15.8 Å². The molecule has 1 heterocycles. The van der Waals surface area contributed by atoms with Gasteiger partial charge in [-0.05, 0) is 42.8 Å². The lowest BCUT2D eigenvalue weighted by Crippen LogP contribution is -2.56. The summed E-state index contributed by atoms with van der Waals surface area (Å²) in [6.45, 7) is 4.18. The molecule has 0 aliphatic carbocycles. The molecule has 1 aliphatic heterocycles. The highest BCUT2D eigenvalue weighted by atomic mass is 32.2. The van der Waals surface area contributed by atoms with Gasteiger partial charge in [0.2, 0.25) is 15.9 Å². The molecule has 0 bridgehead atoms. The first-order chi connectivity index (χ1) is 13.8. The SMILES string of the molecule is CC[C@@H](C(=O)N1CCN(c2ccccc2)CC1)N(c1ccc(F)cc1)S(C)(=O)=O. The Bertz CT molecular complexity index is 927. The zero-order chi connectivity index (χ0) is 21.0. The zero-order valence-corrected chi connectivity index (χ0v) is 17.5. The Morgan fingerprint density at radius 3 is 2.14 bits per heavy atom. The summed E-state index contributed by atoms with van der Waals surface area (Å²) >= 11 is 0. The topological polar surface area (TPSA) is 60.9 Å². The fourth-order valence-electron chi connectivity index (χ4n) is 3.67. The molecule has 1 atom stereocenters. The van der Waals surface area contributed by atoms with Crippen LogP contribution in [0.25, 0.3) is 0 Å². The number of amides is 1. The monoisotopic (exact) mass is 419 g/mol. The van der Waals surface area contributed by atoms with Gasteiger partial charge in [-0.25, -0.2) is 12.8 Å². The minimum Gasteiger partial charge on any atom is -0.368 e. The second kappa shape index (κ2) is 8.82. The molecule has 1 saturated heterocycles. The molecule has 156 valence electrons. The largest absolute Gasteiger partial charge is 0.368 e. The van der Waals surface area contributed by atoms with E-state index in [1.54, 1.807) is 11.8 Å². The van der Waals surface area contributed by atoms with Gasteiger partial charge in [-0.3, -0.25) is 9.10 Å². The average molecular weight is 420 g/mol. The van der Waals surface area contributed by atoms with E-state index in [0.717, 1.165) is 16.2 Å². The normalized spacial score (nSPS) is 15.8. The molecule has 1 aliphatic rings. The summed E-state index contributed by atoms with van der Waals surface area (Å²) in [6, 6.07) is 14.3. The van der Waals surface area contributed by atoms with Gasteiger partial charge < -0.3 is 9.80 Å². The summed E-state index contributed by atoms with van der Waals surface area (Å²) in [5.41, 5.74) is 1.40. The summed E-state index contributed by atoms with van der Waals surface area (Å²) in [4.78, 5) is 17.2. The molecule has 0 radical (unpaired) electrons. The molecule has 2 aromatic carbocycles. The van der Waals surface area contributed by atoms with Crippen molar-refractivity contribution in [3.8, 4) is 0 Å². The quantitative estimate of drug-likeness (QED) is 0.722. The average Bonchev–Trinajstić information content (AvgIpc) is 2.72. The van der Waals surface area contributed by atoms with Crippen molar-refractivity contribution in [1.82, 2.24) is 4.90 Å². The van der Waals surface area contributed by atoms with E-state index >= 15 is 0 Å². The van der Waals surface area contributed by atoms with E-state index in [0.29, 0.717) is 32.6 Å². The number of carbonyl (C=O) groups is 1. The highest BCUT2D eigenvalue weighted by Gasteiger charge is 2.35. The first-order valence-corrected chi connectivity index (χ1v) is 11.5. The Kier molecular flexibility index (Phi) is 6.42. The molecule has 2 aromatic rings. The number of hydrogen-bond acceptors (Lipinski definition) is 4. The van der Waals surface area contributed by atoms with Gasteiger partial charge in [-0.15, -0.1) is 0 Å². The van der Waals surface area contributed by atoms with Crippen molar-refractivity contribution < 1.29 is 17.6 Å². The molecule has 0 unspecified atom stereocenters. The summed E-state index contributed by atoms with van der Waals surface area (Å²) < 4.78 is 39.4. The fourth-order valence-corrected chi connectivity index (χ4v) is 4.87. The summed E-state index contributed by atoms with van der Waals surface area (Å²) in [7, 11) is -3.73. The molecule has 0 saturated carbocycles. The van der Waals surface area contributed by atoms with Gasteiger partial charge in [0.15, 0.2) is 0 Å². The molecule has 1 amide bonds. The number of para-hydroxylation sites is 1. The number of rotatable bonds is 6. The van der Waals surface area contributed by atoms with Crippen LogP contribution < -0.4 is 9.21 Å². The Labute approximate surface area is 171 Å². The van der Waals surface area contributed by atoms with Crippen LogP contribution in [-0.2, 0) is 14.8 Å². The predicted molar refractivity (Wildman–Crippen MR) is 113 cm³/mol. The minimum absolute atomic E-state index is 0.227. The molecular formula is C21H26FN3O3S. The summed E-state index contributed by atoms with van der Waals surface area (Å²) in [5, 5.41) is 0. The van der Waals surface area contributed by atoms with Crippen LogP contribution in [0.2, 0.25) is 0 Å². The second-order valence-electron chi connectivity index (χ2n) is 7.11. The van der Waals surface area contributed by atoms with Crippen molar-refractivity contribution in [2.45, 2.75) is 19.4 Å². The van der Waals surface area contributed by atoms with E-state index in [-0.39, 0.29) is 11.6 Å². The first-order valence-electron chi connectivity index (χ1n) is 9.65. The molecule has 0 aromatic heterocycles. The number of sulfonamides is 1. The zero-order valence-electron chi connectivity index (χ0n) is 16.7. The van der Waals surface area contributed by atoms with Crippen LogP contribution in [0, 0.1) is 5.82 Å². The Hall–Kier alpha value is -2.61. The van der Waals surface area contributed by atoms with Gasteiger partial charge in [0.25, 0.3) is 0 Å². The molecule has 0 spiro atoms. The van der Waals surface area contributed by atoms with Crippen molar-refractivity contribution in [2.24, 2.45) is 0 Å². The number of halogens is 1. The van der Waals surface area contributed by atoms with Crippen LogP contribution in [-0.4, -0.2) is 57.7 Å². The number of nitrogens with zero attached hydrogens (tertiary/aromatic N) is 3. The Morgan fingerprint density at radius 1 is 1.03 bits per heavy atom. The van der Waals surface area contributed by atoms with Crippen molar-refractivity contribution in [2.75, 3.05) is 41.6 Å². The van der Waals surface area contributed by atoms with Gasteiger partial charge in [-0.2, -0.15) is 0 Å². The maximum Gasteiger partial charge on any atom is 0.246 e. The number of carbonyl (C=O) groups excluding carboxylic acids is 1. The highest BCUT2D eigenvalue weighted by molar-refractivity contribution is 7.92. The van der Waals surface area contributed by atoms with E-state index in [1.807, 2.05) is 30.3 Å². The number of piperazine rings is 1. The third-order valence-electron chi connectivity index (χ3n) is 5.11. The van der Waals surface area contributed by atoms with E-state index in [4.69, 9.17) is 0 Å². The first kappa shape index (κ1) is 21.1. The van der Waals surface area contributed by atoms with Gasteiger partial charge in [0.05, 0.1) is 11.9 Å².